The molecule has 2 N–H and O–H groups in total. The zero-order valence-electron chi connectivity index (χ0n) is 12.5. The highest BCUT2D eigenvalue weighted by Gasteiger charge is 2.13. The summed E-state index contributed by atoms with van der Waals surface area (Å²) in [5.74, 6) is 5.88. The lowest BCUT2D eigenvalue weighted by molar-refractivity contribution is 0.167. The first-order chi connectivity index (χ1) is 9.15. The van der Waals surface area contributed by atoms with Crippen molar-refractivity contribution in [3.8, 4) is 0 Å². The van der Waals surface area contributed by atoms with Crippen LogP contribution in [-0.4, -0.2) is 83.4 Å². The fourth-order valence-electron chi connectivity index (χ4n) is 2.30. The van der Waals surface area contributed by atoms with Crippen LogP contribution in [-0.2, 0) is 0 Å². The molecule has 1 rings (SSSR count). The van der Waals surface area contributed by atoms with Crippen LogP contribution in [0.3, 0.4) is 0 Å². The van der Waals surface area contributed by atoms with Crippen molar-refractivity contribution in [2.24, 2.45) is 5.84 Å². The Hall–Kier alpha value is 0.530. The van der Waals surface area contributed by atoms with Crippen molar-refractivity contribution in [2.45, 2.75) is 20.3 Å². The summed E-state index contributed by atoms with van der Waals surface area (Å²) in [6.45, 7) is 15.6. The van der Waals surface area contributed by atoms with Gasteiger partial charge in [0.15, 0.2) is 0 Å². The third-order valence-corrected chi connectivity index (χ3v) is 4.79. The van der Waals surface area contributed by atoms with Gasteiger partial charge >= 0.3 is 0 Å². The second kappa shape index (κ2) is 10.3. The quantitative estimate of drug-likeness (QED) is 0.330. The summed E-state index contributed by atoms with van der Waals surface area (Å²) in [5.41, 5.74) is 0. The molecule has 0 radical (unpaired) electrons. The molecule has 1 saturated heterocycles. The molecule has 0 aliphatic carbocycles. The van der Waals surface area contributed by atoms with Crippen LogP contribution in [0.25, 0.3) is 0 Å². The Bertz CT molecular complexity index is 229. The van der Waals surface area contributed by atoms with E-state index in [9.17, 15) is 0 Å². The van der Waals surface area contributed by atoms with Gasteiger partial charge in [0, 0.05) is 75.2 Å². The predicted molar refractivity (Wildman–Crippen MR) is 90.2 cm³/mol. The van der Waals surface area contributed by atoms with Crippen molar-refractivity contribution >= 4 is 22.9 Å². The Kier molecular flexibility index (Phi) is 9.52. The van der Waals surface area contributed by atoms with Crippen LogP contribution >= 0.6 is 22.9 Å². The lowest BCUT2D eigenvalue weighted by atomic mass is 10.3. The maximum absolute atomic E-state index is 5.88. The van der Waals surface area contributed by atoms with Gasteiger partial charge in [0.1, 0.15) is 0 Å². The first kappa shape index (κ1) is 17.6. The van der Waals surface area contributed by atoms with Gasteiger partial charge in [-0.15, -0.1) is 0 Å². The van der Waals surface area contributed by atoms with Gasteiger partial charge in [-0.2, -0.15) is 0 Å². The minimum absolute atomic E-state index is 0.927. The number of halogens is 1. The van der Waals surface area contributed by atoms with E-state index >= 15 is 0 Å². The smallest absolute Gasteiger partial charge is 0.0256 e. The molecule has 114 valence electrons. The third-order valence-electron chi connectivity index (χ3n) is 3.82. The highest BCUT2D eigenvalue weighted by molar-refractivity contribution is 14.1. The van der Waals surface area contributed by atoms with Crippen LogP contribution in [0.4, 0.5) is 0 Å². The largest absolute Gasteiger partial charge is 0.301 e. The molecule has 0 bridgehead atoms. The normalized spacial score (nSPS) is 21.9. The molecule has 0 unspecified atom stereocenters. The summed E-state index contributed by atoms with van der Waals surface area (Å²) in [7, 11) is 0. The van der Waals surface area contributed by atoms with E-state index in [4.69, 9.17) is 5.84 Å². The lowest BCUT2D eigenvalue weighted by Crippen LogP contribution is -2.44. The van der Waals surface area contributed by atoms with Gasteiger partial charge in [0.05, 0.1) is 0 Å². The van der Waals surface area contributed by atoms with Crippen LogP contribution in [0.5, 0.6) is 0 Å². The number of hydrogen-bond acceptors (Lipinski definition) is 5. The second-order valence-corrected chi connectivity index (χ2v) is 6.53. The average Bonchev–Trinajstić information content (AvgIpc) is 2.43. The van der Waals surface area contributed by atoms with Gasteiger partial charge in [-0.25, -0.2) is 8.12 Å². The Morgan fingerprint density at radius 1 is 1.00 bits per heavy atom. The van der Waals surface area contributed by atoms with Crippen molar-refractivity contribution in [2.75, 3.05) is 65.4 Å². The van der Waals surface area contributed by atoms with E-state index in [1.807, 2.05) is 5.01 Å². The Morgan fingerprint density at radius 3 is 2.37 bits per heavy atom. The molecule has 0 aromatic heterocycles. The molecule has 0 atom stereocenters. The van der Waals surface area contributed by atoms with Gasteiger partial charge in [0.25, 0.3) is 0 Å². The summed E-state index contributed by atoms with van der Waals surface area (Å²) in [5, 5.41) is 1.90. The zero-order valence-corrected chi connectivity index (χ0v) is 14.7. The van der Waals surface area contributed by atoms with Crippen molar-refractivity contribution in [3.05, 3.63) is 0 Å². The van der Waals surface area contributed by atoms with Crippen molar-refractivity contribution in [1.29, 1.82) is 0 Å². The summed E-state index contributed by atoms with van der Waals surface area (Å²) < 4.78 is 2.42. The molecule has 0 spiro atoms. The summed E-state index contributed by atoms with van der Waals surface area (Å²) in [6.07, 6.45) is 1.26. The van der Waals surface area contributed by atoms with E-state index < -0.39 is 0 Å². The summed E-state index contributed by atoms with van der Waals surface area (Å²) in [4.78, 5) is 5.11. The van der Waals surface area contributed by atoms with E-state index in [2.05, 4.69) is 49.6 Å². The molecule has 1 heterocycles. The van der Waals surface area contributed by atoms with Crippen LogP contribution in [0.15, 0.2) is 0 Å². The molecule has 5 nitrogen and oxygen atoms in total. The third kappa shape index (κ3) is 7.77. The molecular formula is C13H30IN5. The summed E-state index contributed by atoms with van der Waals surface area (Å²) >= 11 is 2.46. The van der Waals surface area contributed by atoms with Crippen molar-refractivity contribution in [1.82, 2.24) is 17.9 Å². The highest BCUT2D eigenvalue weighted by atomic mass is 127. The topological polar surface area (TPSA) is 39.0 Å². The van der Waals surface area contributed by atoms with Crippen molar-refractivity contribution in [3.63, 3.8) is 0 Å². The predicted octanol–water partition coefficient (Wildman–Crippen LogP) is 0.862. The number of hydrazine groups is 1. The maximum atomic E-state index is 5.88. The van der Waals surface area contributed by atoms with Gasteiger partial charge in [-0.3, -0.25) is 5.84 Å². The molecule has 1 fully saturated rings. The molecule has 0 aromatic rings. The average molecular weight is 383 g/mol. The van der Waals surface area contributed by atoms with E-state index in [1.54, 1.807) is 0 Å². The van der Waals surface area contributed by atoms with Gasteiger partial charge in [-0.05, 0) is 19.5 Å². The molecule has 6 heteroatoms. The highest BCUT2D eigenvalue weighted by Crippen LogP contribution is 2.05. The second-order valence-electron chi connectivity index (χ2n) is 5.17. The van der Waals surface area contributed by atoms with Crippen LogP contribution < -0.4 is 5.84 Å². The lowest BCUT2D eigenvalue weighted by Gasteiger charge is -2.31. The minimum atomic E-state index is 0.927. The Morgan fingerprint density at radius 2 is 1.68 bits per heavy atom. The van der Waals surface area contributed by atoms with E-state index in [0.29, 0.717) is 0 Å². The maximum Gasteiger partial charge on any atom is 0.0256 e. The first-order valence-electron chi connectivity index (χ1n) is 7.50. The van der Waals surface area contributed by atoms with Crippen LogP contribution in [0.1, 0.15) is 20.3 Å². The van der Waals surface area contributed by atoms with E-state index in [1.165, 1.54) is 45.7 Å². The molecule has 0 aromatic carbocycles. The number of likely N-dealkylation sites (N-methyl/N-ethyl adjacent to an activating group) is 2. The molecule has 0 saturated carbocycles. The van der Waals surface area contributed by atoms with Gasteiger partial charge in [0.2, 0.25) is 0 Å². The minimum Gasteiger partial charge on any atom is -0.301 e. The zero-order chi connectivity index (χ0) is 14.1. The van der Waals surface area contributed by atoms with Crippen LogP contribution in [0.2, 0.25) is 0 Å². The van der Waals surface area contributed by atoms with E-state index in [0.717, 1.165) is 26.2 Å². The molecule has 0 amide bonds. The number of nitrogens with two attached hydrogens (primary N) is 1. The van der Waals surface area contributed by atoms with Crippen molar-refractivity contribution < 1.29 is 0 Å². The van der Waals surface area contributed by atoms with Gasteiger partial charge < -0.3 is 9.80 Å². The fraction of sp³-hybridized carbons (Fsp3) is 1.00. The summed E-state index contributed by atoms with van der Waals surface area (Å²) in [6, 6.07) is 0. The van der Waals surface area contributed by atoms with Crippen LogP contribution in [0, 0.1) is 0 Å². The van der Waals surface area contributed by atoms with E-state index in [-0.39, 0.29) is 0 Å². The molecule has 1 aliphatic heterocycles. The molecular weight excluding hydrogens is 353 g/mol. The molecule has 1 aliphatic rings. The number of nitrogens with zero attached hydrogens (tertiary/aromatic N) is 4. The standard InChI is InChI=1S/C13H30IN5/c1-3-16-8-9-17(11-13-19(15)4-2)6-5-7-18(14)12-10-16/h3-13,15H2,1-2H3. The SMILES string of the molecule is CCN(N)CCN1CCCN(I)CCN(CC)CC1. The monoisotopic (exact) mass is 383 g/mol. The molecule has 19 heavy (non-hydrogen) atoms. The Labute approximate surface area is 132 Å². The van der Waals surface area contributed by atoms with Gasteiger partial charge in [-0.1, -0.05) is 13.8 Å². The fourth-order valence-corrected chi connectivity index (χ4v) is 2.86. The number of hydrogen-bond donors (Lipinski definition) is 1. The number of rotatable bonds is 5. The first-order valence-corrected chi connectivity index (χ1v) is 8.47. The Balaban J connectivity index is 2.40.